The summed E-state index contributed by atoms with van der Waals surface area (Å²) in [6.45, 7) is 12.6. The van der Waals surface area contributed by atoms with Crippen LogP contribution in [0.4, 0.5) is 0 Å². The minimum Gasteiger partial charge on any atom is -0.303 e. The van der Waals surface area contributed by atoms with Gasteiger partial charge >= 0.3 is 0 Å². The Bertz CT molecular complexity index is 137. The summed E-state index contributed by atoms with van der Waals surface area (Å²) in [5.74, 6) is 1.03. The van der Waals surface area contributed by atoms with Crippen molar-refractivity contribution >= 4 is 12.6 Å². The van der Waals surface area contributed by atoms with Gasteiger partial charge in [-0.05, 0) is 37.1 Å². The SMILES string of the molecule is CCCC(CS)(CCC)CN(CC)CC. The first-order valence-corrected chi connectivity index (χ1v) is 7.14. The highest BCUT2D eigenvalue weighted by Crippen LogP contribution is 2.32. The van der Waals surface area contributed by atoms with Crippen molar-refractivity contribution < 1.29 is 0 Å². The summed E-state index contributed by atoms with van der Waals surface area (Å²) < 4.78 is 0. The molecule has 0 atom stereocenters. The third-order valence-corrected chi connectivity index (χ3v) is 4.02. The van der Waals surface area contributed by atoms with Crippen molar-refractivity contribution in [2.24, 2.45) is 5.41 Å². The van der Waals surface area contributed by atoms with E-state index in [4.69, 9.17) is 0 Å². The largest absolute Gasteiger partial charge is 0.303 e. The van der Waals surface area contributed by atoms with Gasteiger partial charge in [0.1, 0.15) is 0 Å². The molecule has 0 saturated heterocycles. The molecule has 0 unspecified atom stereocenters. The first-order valence-electron chi connectivity index (χ1n) is 6.51. The van der Waals surface area contributed by atoms with Crippen molar-refractivity contribution in [1.29, 1.82) is 0 Å². The van der Waals surface area contributed by atoms with Crippen LogP contribution in [-0.4, -0.2) is 30.3 Å². The second-order valence-corrected chi connectivity index (χ2v) is 4.94. The third-order valence-electron chi connectivity index (χ3n) is 3.35. The summed E-state index contributed by atoms with van der Waals surface area (Å²) in [7, 11) is 0. The molecule has 15 heavy (non-hydrogen) atoms. The van der Waals surface area contributed by atoms with E-state index in [1.807, 2.05) is 0 Å². The normalized spacial score (nSPS) is 12.4. The highest BCUT2D eigenvalue weighted by atomic mass is 32.1. The van der Waals surface area contributed by atoms with E-state index >= 15 is 0 Å². The van der Waals surface area contributed by atoms with E-state index in [0.717, 1.165) is 5.75 Å². The predicted molar refractivity (Wildman–Crippen MR) is 73.9 cm³/mol. The van der Waals surface area contributed by atoms with Crippen molar-refractivity contribution in [3.8, 4) is 0 Å². The van der Waals surface area contributed by atoms with Gasteiger partial charge in [0.25, 0.3) is 0 Å². The summed E-state index contributed by atoms with van der Waals surface area (Å²) in [6.07, 6.45) is 5.20. The maximum absolute atomic E-state index is 4.59. The lowest BCUT2D eigenvalue weighted by Gasteiger charge is -2.37. The molecule has 0 heterocycles. The maximum Gasteiger partial charge on any atom is 0.00456 e. The van der Waals surface area contributed by atoms with Crippen molar-refractivity contribution in [3.05, 3.63) is 0 Å². The molecule has 0 aromatic rings. The molecular formula is C13H29NS. The van der Waals surface area contributed by atoms with E-state index in [0.29, 0.717) is 5.41 Å². The zero-order chi connectivity index (χ0) is 11.7. The Kier molecular flexibility index (Phi) is 8.64. The van der Waals surface area contributed by atoms with E-state index in [9.17, 15) is 0 Å². The minimum atomic E-state index is 0.457. The fourth-order valence-electron chi connectivity index (χ4n) is 2.47. The van der Waals surface area contributed by atoms with Crippen LogP contribution in [0.25, 0.3) is 0 Å². The second-order valence-electron chi connectivity index (χ2n) is 4.62. The first kappa shape index (κ1) is 15.3. The molecule has 2 heteroatoms. The van der Waals surface area contributed by atoms with Gasteiger partial charge in [0, 0.05) is 6.54 Å². The minimum absolute atomic E-state index is 0.457. The standard InChI is InChI=1S/C13H29NS/c1-5-9-13(12-15,10-6-2)11-14(7-3)8-4/h15H,5-12H2,1-4H3. The van der Waals surface area contributed by atoms with Gasteiger partial charge in [-0.2, -0.15) is 12.6 Å². The van der Waals surface area contributed by atoms with E-state index in [1.54, 1.807) is 0 Å². The van der Waals surface area contributed by atoms with Crippen LogP contribution in [0.1, 0.15) is 53.4 Å². The van der Waals surface area contributed by atoms with E-state index < -0.39 is 0 Å². The molecule has 0 N–H and O–H groups in total. The summed E-state index contributed by atoms with van der Waals surface area (Å²) >= 11 is 4.59. The Morgan fingerprint density at radius 2 is 1.40 bits per heavy atom. The Hall–Kier alpha value is 0.310. The topological polar surface area (TPSA) is 3.24 Å². The van der Waals surface area contributed by atoms with Crippen LogP contribution < -0.4 is 0 Å². The maximum atomic E-state index is 4.59. The van der Waals surface area contributed by atoms with Crippen LogP contribution in [0, 0.1) is 5.41 Å². The van der Waals surface area contributed by atoms with Crippen LogP contribution in [0.15, 0.2) is 0 Å². The summed E-state index contributed by atoms with van der Waals surface area (Å²) in [6, 6.07) is 0. The van der Waals surface area contributed by atoms with Crippen molar-refractivity contribution in [2.75, 3.05) is 25.4 Å². The van der Waals surface area contributed by atoms with Crippen LogP contribution >= 0.6 is 12.6 Å². The molecule has 0 spiro atoms. The first-order chi connectivity index (χ1) is 7.17. The molecule has 0 fully saturated rings. The lowest BCUT2D eigenvalue weighted by atomic mass is 9.80. The van der Waals surface area contributed by atoms with E-state index in [1.165, 1.54) is 45.3 Å². The molecule has 1 nitrogen and oxygen atoms in total. The average molecular weight is 231 g/mol. The Morgan fingerprint density at radius 3 is 1.67 bits per heavy atom. The summed E-state index contributed by atoms with van der Waals surface area (Å²) in [5, 5.41) is 0. The fourth-order valence-corrected chi connectivity index (χ4v) is 2.89. The predicted octanol–water partition coefficient (Wildman–Crippen LogP) is 3.84. The van der Waals surface area contributed by atoms with Crippen LogP contribution in [0.3, 0.4) is 0 Å². The molecule has 0 aromatic heterocycles. The van der Waals surface area contributed by atoms with E-state index in [-0.39, 0.29) is 0 Å². The monoisotopic (exact) mass is 231 g/mol. The Balaban J connectivity index is 4.43. The third kappa shape index (κ3) is 5.26. The van der Waals surface area contributed by atoms with Crippen LogP contribution in [0.5, 0.6) is 0 Å². The summed E-state index contributed by atoms with van der Waals surface area (Å²) in [5.41, 5.74) is 0.457. The molecule has 0 aliphatic heterocycles. The molecule has 0 saturated carbocycles. The fraction of sp³-hybridized carbons (Fsp3) is 1.00. The second kappa shape index (κ2) is 8.46. The number of hydrogen-bond donors (Lipinski definition) is 1. The Labute approximate surface area is 102 Å². The van der Waals surface area contributed by atoms with Gasteiger partial charge in [-0.25, -0.2) is 0 Å². The van der Waals surface area contributed by atoms with Gasteiger partial charge in [0.05, 0.1) is 0 Å². The zero-order valence-corrected chi connectivity index (χ0v) is 11.9. The van der Waals surface area contributed by atoms with Crippen molar-refractivity contribution in [1.82, 2.24) is 4.90 Å². The summed E-state index contributed by atoms with van der Waals surface area (Å²) in [4.78, 5) is 2.54. The number of hydrogen-bond acceptors (Lipinski definition) is 2. The Morgan fingerprint density at radius 1 is 0.933 bits per heavy atom. The van der Waals surface area contributed by atoms with Crippen molar-refractivity contribution in [3.63, 3.8) is 0 Å². The van der Waals surface area contributed by atoms with Gasteiger partial charge < -0.3 is 4.90 Å². The average Bonchev–Trinajstić information content (AvgIpc) is 2.26. The van der Waals surface area contributed by atoms with Crippen molar-refractivity contribution in [2.45, 2.75) is 53.4 Å². The molecule has 0 radical (unpaired) electrons. The molecular weight excluding hydrogens is 202 g/mol. The van der Waals surface area contributed by atoms with Crippen LogP contribution in [0.2, 0.25) is 0 Å². The number of rotatable bonds is 9. The lowest BCUT2D eigenvalue weighted by Crippen LogP contribution is -2.39. The lowest BCUT2D eigenvalue weighted by molar-refractivity contribution is 0.157. The highest BCUT2D eigenvalue weighted by molar-refractivity contribution is 7.80. The zero-order valence-electron chi connectivity index (χ0n) is 11.1. The molecule has 0 amide bonds. The molecule has 0 rings (SSSR count). The van der Waals surface area contributed by atoms with E-state index in [2.05, 4.69) is 45.2 Å². The van der Waals surface area contributed by atoms with Gasteiger partial charge in [-0.1, -0.05) is 40.5 Å². The quantitative estimate of drug-likeness (QED) is 0.590. The van der Waals surface area contributed by atoms with Gasteiger partial charge in [-0.15, -0.1) is 0 Å². The molecule has 92 valence electrons. The molecule has 0 aliphatic carbocycles. The van der Waals surface area contributed by atoms with Gasteiger partial charge in [0.15, 0.2) is 0 Å². The molecule has 0 bridgehead atoms. The van der Waals surface area contributed by atoms with Gasteiger partial charge in [0.2, 0.25) is 0 Å². The smallest absolute Gasteiger partial charge is 0.00456 e. The number of thiol groups is 1. The highest BCUT2D eigenvalue weighted by Gasteiger charge is 2.28. The molecule has 0 aliphatic rings. The number of nitrogens with zero attached hydrogens (tertiary/aromatic N) is 1. The molecule has 0 aromatic carbocycles. The van der Waals surface area contributed by atoms with Gasteiger partial charge in [-0.3, -0.25) is 0 Å². The van der Waals surface area contributed by atoms with Crippen LogP contribution in [-0.2, 0) is 0 Å².